The molecule has 2 saturated heterocycles. The summed E-state index contributed by atoms with van der Waals surface area (Å²) < 4.78 is 13.2. The number of para-hydroxylation sites is 1. The van der Waals surface area contributed by atoms with Gasteiger partial charge in [-0.2, -0.15) is 0 Å². The van der Waals surface area contributed by atoms with Gasteiger partial charge < -0.3 is 19.4 Å². The van der Waals surface area contributed by atoms with Gasteiger partial charge >= 0.3 is 0 Å². The second kappa shape index (κ2) is 8.25. The number of hydrogen-bond donors (Lipinski definition) is 2. The van der Waals surface area contributed by atoms with Crippen LogP contribution in [-0.4, -0.2) is 64.2 Å². The normalized spacial score (nSPS) is 21.3. The van der Waals surface area contributed by atoms with Gasteiger partial charge in [0.25, 0.3) is 5.56 Å². The SMILES string of the molecule is Cc1cccc2cc([C@H](c3nnnn3C[C@@H]3CCCO3)[NH+]3CCOCC3)c(=O)[nH]c12. The fraction of sp³-hybridized carbons (Fsp3) is 0.524. The molecule has 3 aromatic rings. The Labute approximate surface area is 174 Å². The van der Waals surface area contributed by atoms with Gasteiger partial charge in [-0.1, -0.05) is 18.2 Å². The summed E-state index contributed by atoms with van der Waals surface area (Å²) in [6.07, 6.45) is 2.18. The molecular formula is C21H27N6O3+. The number of aromatic nitrogens is 5. The molecular weight excluding hydrogens is 384 g/mol. The highest BCUT2D eigenvalue weighted by molar-refractivity contribution is 5.82. The number of hydrogen-bond acceptors (Lipinski definition) is 6. The first-order valence-corrected chi connectivity index (χ1v) is 10.6. The molecule has 9 heteroatoms. The van der Waals surface area contributed by atoms with E-state index in [9.17, 15) is 4.79 Å². The Hall–Kier alpha value is -2.62. The van der Waals surface area contributed by atoms with Crippen LogP contribution in [0.2, 0.25) is 0 Å². The topological polar surface area (TPSA) is 99.4 Å². The average Bonchev–Trinajstić information content (AvgIpc) is 3.43. The number of pyridine rings is 1. The number of aromatic amines is 1. The van der Waals surface area contributed by atoms with E-state index in [4.69, 9.17) is 9.47 Å². The van der Waals surface area contributed by atoms with Gasteiger partial charge in [0.15, 0.2) is 6.04 Å². The average molecular weight is 411 g/mol. The number of H-pyrrole nitrogens is 1. The second-order valence-electron chi connectivity index (χ2n) is 8.15. The first kappa shape index (κ1) is 19.3. The number of morpholine rings is 1. The Kier molecular flexibility index (Phi) is 5.32. The zero-order chi connectivity index (χ0) is 20.5. The first-order chi connectivity index (χ1) is 14.7. The Balaban J connectivity index is 1.60. The molecule has 158 valence electrons. The van der Waals surface area contributed by atoms with Crippen LogP contribution in [0.1, 0.15) is 35.8 Å². The third kappa shape index (κ3) is 3.64. The van der Waals surface area contributed by atoms with Crippen molar-refractivity contribution in [3.05, 3.63) is 51.6 Å². The zero-order valence-electron chi connectivity index (χ0n) is 17.1. The predicted molar refractivity (Wildman–Crippen MR) is 109 cm³/mol. The number of rotatable bonds is 5. The van der Waals surface area contributed by atoms with Gasteiger partial charge in [0.1, 0.15) is 13.1 Å². The summed E-state index contributed by atoms with van der Waals surface area (Å²) in [5.74, 6) is 0.708. The minimum Gasteiger partial charge on any atom is -0.376 e. The number of fused-ring (bicyclic) bond motifs is 1. The molecule has 2 N–H and O–H groups in total. The molecule has 2 aromatic heterocycles. The molecule has 0 spiro atoms. The van der Waals surface area contributed by atoms with Crippen molar-refractivity contribution < 1.29 is 14.4 Å². The fourth-order valence-electron chi connectivity index (χ4n) is 4.61. The minimum atomic E-state index is -0.265. The Morgan fingerprint density at radius 2 is 2.17 bits per heavy atom. The van der Waals surface area contributed by atoms with Crippen molar-refractivity contribution >= 4 is 10.9 Å². The van der Waals surface area contributed by atoms with Crippen molar-refractivity contribution in [2.75, 3.05) is 32.9 Å². The monoisotopic (exact) mass is 411 g/mol. The molecule has 0 unspecified atom stereocenters. The highest BCUT2D eigenvalue weighted by Gasteiger charge is 2.35. The van der Waals surface area contributed by atoms with Crippen LogP contribution < -0.4 is 10.5 Å². The first-order valence-electron chi connectivity index (χ1n) is 10.6. The van der Waals surface area contributed by atoms with Crippen LogP contribution >= 0.6 is 0 Å². The molecule has 5 rings (SSSR count). The van der Waals surface area contributed by atoms with E-state index >= 15 is 0 Å². The smallest absolute Gasteiger partial charge is 0.258 e. The zero-order valence-corrected chi connectivity index (χ0v) is 17.1. The number of aryl methyl sites for hydroxylation is 1. The fourth-order valence-corrected chi connectivity index (χ4v) is 4.61. The summed E-state index contributed by atoms with van der Waals surface area (Å²) in [5, 5.41) is 13.6. The van der Waals surface area contributed by atoms with Gasteiger partial charge in [0.05, 0.1) is 36.9 Å². The molecule has 1 aromatic carbocycles. The van der Waals surface area contributed by atoms with Gasteiger partial charge in [-0.25, -0.2) is 4.68 Å². The van der Waals surface area contributed by atoms with E-state index in [0.717, 1.165) is 49.0 Å². The lowest BCUT2D eigenvalue weighted by molar-refractivity contribution is -0.933. The Bertz CT molecular complexity index is 1080. The van der Waals surface area contributed by atoms with E-state index in [0.29, 0.717) is 31.1 Å². The maximum atomic E-state index is 13.2. The molecule has 0 amide bonds. The second-order valence-corrected chi connectivity index (χ2v) is 8.15. The quantitative estimate of drug-likeness (QED) is 0.614. The summed E-state index contributed by atoms with van der Waals surface area (Å²) in [5.41, 5.74) is 2.52. The number of ether oxygens (including phenoxy) is 2. The van der Waals surface area contributed by atoms with Crippen LogP contribution in [0.5, 0.6) is 0 Å². The van der Waals surface area contributed by atoms with E-state index in [1.807, 2.05) is 35.9 Å². The standard InChI is InChI=1S/C21H26N6O3/c1-14-4-2-5-15-12-17(21(28)22-18(14)15)19(26-7-10-29-11-8-26)20-23-24-25-27(20)13-16-6-3-9-30-16/h2,4-5,12,16,19H,3,6-11,13H2,1H3,(H,22,28)/p+1/t16-,19+/m0/s1. The summed E-state index contributed by atoms with van der Waals surface area (Å²) in [6.45, 7) is 6.29. The molecule has 4 heterocycles. The number of tetrazole rings is 1. The minimum absolute atomic E-state index is 0.0903. The van der Waals surface area contributed by atoms with Crippen molar-refractivity contribution in [3.8, 4) is 0 Å². The molecule has 0 radical (unpaired) electrons. The summed E-state index contributed by atoms with van der Waals surface area (Å²) in [7, 11) is 0. The van der Waals surface area contributed by atoms with E-state index in [2.05, 4.69) is 20.5 Å². The van der Waals surface area contributed by atoms with Gasteiger partial charge in [0.2, 0.25) is 5.82 Å². The lowest BCUT2D eigenvalue weighted by Gasteiger charge is -2.30. The predicted octanol–water partition coefficient (Wildman–Crippen LogP) is 0.00652. The van der Waals surface area contributed by atoms with Crippen molar-refractivity contribution in [2.24, 2.45) is 0 Å². The molecule has 2 aliphatic rings. The molecule has 0 bridgehead atoms. The van der Waals surface area contributed by atoms with Crippen LogP contribution in [0.25, 0.3) is 10.9 Å². The number of benzene rings is 1. The maximum Gasteiger partial charge on any atom is 0.258 e. The van der Waals surface area contributed by atoms with Crippen molar-refractivity contribution in [1.82, 2.24) is 25.2 Å². The highest BCUT2D eigenvalue weighted by Crippen LogP contribution is 2.21. The Morgan fingerprint density at radius 3 is 2.97 bits per heavy atom. The van der Waals surface area contributed by atoms with E-state index in [-0.39, 0.29) is 17.7 Å². The van der Waals surface area contributed by atoms with Crippen molar-refractivity contribution in [3.63, 3.8) is 0 Å². The third-order valence-corrected chi connectivity index (χ3v) is 6.19. The molecule has 9 nitrogen and oxygen atoms in total. The van der Waals surface area contributed by atoms with E-state index < -0.39 is 0 Å². The molecule has 0 aliphatic carbocycles. The highest BCUT2D eigenvalue weighted by atomic mass is 16.5. The van der Waals surface area contributed by atoms with Crippen LogP contribution in [0, 0.1) is 6.92 Å². The Morgan fingerprint density at radius 1 is 1.30 bits per heavy atom. The van der Waals surface area contributed by atoms with Crippen molar-refractivity contribution in [2.45, 2.75) is 38.5 Å². The number of nitrogens with zero attached hydrogens (tertiary/aromatic N) is 4. The van der Waals surface area contributed by atoms with Gasteiger partial charge in [-0.05, 0) is 47.2 Å². The van der Waals surface area contributed by atoms with E-state index in [1.54, 1.807) is 0 Å². The van der Waals surface area contributed by atoms with E-state index in [1.165, 1.54) is 4.90 Å². The summed E-state index contributed by atoms with van der Waals surface area (Å²) in [4.78, 5) is 17.6. The van der Waals surface area contributed by atoms with Gasteiger partial charge in [-0.15, -0.1) is 5.10 Å². The number of quaternary nitrogens is 1. The van der Waals surface area contributed by atoms with Crippen LogP contribution in [0.3, 0.4) is 0 Å². The lowest BCUT2D eigenvalue weighted by atomic mass is 10.0. The van der Waals surface area contributed by atoms with Gasteiger partial charge in [0, 0.05) is 6.61 Å². The van der Waals surface area contributed by atoms with Crippen molar-refractivity contribution in [1.29, 1.82) is 0 Å². The number of nitrogens with one attached hydrogen (secondary N) is 2. The van der Waals surface area contributed by atoms with Crippen LogP contribution in [0.15, 0.2) is 29.1 Å². The van der Waals surface area contributed by atoms with Gasteiger partial charge in [-0.3, -0.25) is 4.79 Å². The molecule has 2 aliphatic heterocycles. The van der Waals surface area contributed by atoms with Crippen LogP contribution in [0.4, 0.5) is 0 Å². The maximum absolute atomic E-state index is 13.2. The summed E-state index contributed by atoms with van der Waals surface area (Å²) in [6, 6.07) is 7.78. The van der Waals surface area contributed by atoms with Crippen LogP contribution in [-0.2, 0) is 16.0 Å². The molecule has 0 saturated carbocycles. The summed E-state index contributed by atoms with van der Waals surface area (Å²) >= 11 is 0. The molecule has 2 fully saturated rings. The molecule has 30 heavy (non-hydrogen) atoms. The molecule has 2 atom stereocenters. The third-order valence-electron chi connectivity index (χ3n) is 6.19. The largest absolute Gasteiger partial charge is 0.376 e. The lowest BCUT2D eigenvalue weighted by Crippen LogP contribution is -3.14.